The van der Waals surface area contributed by atoms with Crippen molar-refractivity contribution in [3.63, 3.8) is 0 Å². The number of ether oxygens (including phenoxy) is 3. The molecule has 0 aromatic carbocycles. The highest BCUT2D eigenvalue weighted by atomic mass is 16.7. The largest absolute Gasteiger partial charge is 0.469 e. The van der Waals surface area contributed by atoms with E-state index in [9.17, 15) is 4.79 Å². The minimum Gasteiger partial charge on any atom is -0.469 e. The van der Waals surface area contributed by atoms with E-state index in [0.29, 0.717) is 6.61 Å². The Bertz CT molecular complexity index is 956. The van der Waals surface area contributed by atoms with E-state index in [-0.39, 0.29) is 24.1 Å². The van der Waals surface area contributed by atoms with Crippen molar-refractivity contribution >= 4 is 11.7 Å². The highest BCUT2D eigenvalue weighted by molar-refractivity contribution is 5.72. The normalized spacial score (nSPS) is 21.9. The first kappa shape index (κ1) is 23.6. The Morgan fingerprint density at radius 2 is 2.15 bits per heavy atom. The molecule has 0 saturated carbocycles. The number of anilines is 1. The van der Waals surface area contributed by atoms with Gasteiger partial charge in [-0.3, -0.25) is 4.79 Å². The molecule has 2 aromatic heterocycles. The second kappa shape index (κ2) is 10.6. The van der Waals surface area contributed by atoms with Gasteiger partial charge in [-0.1, -0.05) is 19.1 Å². The van der Waals surface area contributed by atoms with Crippen LogP contribution in [0.1, 0.15) is 50.9 Å². The number of pyridine rings is 1. The van der Waals surface area contributed by atoms with Crippen LogP contribution in [-0.4, -0.2) is 59.0 Å². The molecule has 0 bridgehead atoms. The van der Waals surface area contributed by atoms with Crippen molar-refractivity contribution in [1.29, 1.82) is 0 Å². The van der Waals surface area contributed by atoms with E-state index < -0.39 is 0 Å². The van der Waals surface area contributed by atoms with Gasteiger partial charge < -0.3 is 19.1 Å². The van der Waals surface area contributed by atoms with Crippen molar-refractivity contribution in [3.05, 3.63) is 23.5 Å². The highest BCUT2D eigenvalue weighted by Gasteiger charge is 2.32. The summed E-state index contributed by atoms with van der Waals surface area (Å²) in [5.41, 5.74) is 4.57. The Hall–Kier alpha value is -2.52. The van der Waals surface area contributed by atoms with Gasteiger partial charge in [0.25, 0.3) is 0 Å². The minimum atomic E-state index is -0.168. The van der Waals surface area contributed by atoms with Crippen LogP contribution in [-0.2, 0) is 39.1 Å². The standard InChI is InChI=1S/C24H35N5O4/c1-5-18-20(29-12-11-17(14-29)16(2)24(30)31-4)10-9-19(25-18)23-21(28(3)27-26-23)15-33-22-8-6-7-13-32-22/h9-10,16-17,22H,5-8,11-15H2,1-4H3/t16-,17-,22?/m1/s1. The maximum atomic E-state index is 12.0. The lowest BCUT2D eigenvalue weighted by molar-refractivity contribution is -0.169. The number of aromatic nitrogens is 4. The number of methoxy groups -OCH3 is 1. The predicted octanol–water partition coefficient (Wildman–Crippen LogP) is 3.12. The molecule has 0 spiro atoms. The molecule has 2 fully saturated rings. The van der Waals surface area contributed by atoms with Crippen molar-refractivity contribution in [3.8, 4) is 11.4 Å². The molecule has 9 heteroatoms. The van der Waals surface area contributed by atoms with E-state index in [2.05, 4.69) is 28.2 Å². The summed E-state index contributed by atoms with van der Waals surface area (Å²) in [6.45, 7) is 6.94. The maximum Gasteiger partial charge on any atom is 0.308 e. The van der Waals surface area contributed by atoms with Crippen molar-refractivity contribution < 1.29 is 19.0 Å². The monoisotopic (exact) mass is 457 g/mol. The quantitative estimate of drug-likeness (QED) is 0.559. The molecule has 2 aromatic rings. The molecular weight excluding hydrogens is 422 g/mol. The maximum absolute atomic E-state index is 12.0. The first-order valence-corrected chi connectivity index (χ1v) is 12.0. The van der Waals surface area contributed by atoms with Gasteiger partial charge in [-0.2, -0.15) is 0 Å². The van der Waals surface area contributed by atoms with Crippen LogP contribution < -0.4 is 4.90 Å². The smallest absolute Gasteiger partial charge is 0.308 e. The van der Waals surface area contributed by atoms with Crippen LogP contribution in [0.4, 0.5) is 5.69 Å². The van der Waals surface area contributed by atoms with Crippen LogP contribution in [0.15, 0.2) is 12.1 Å². The highest BCUT2D eigenvalue weighted by Crippen LogP contribution is 2.32. The molecule has 0 radical (unpaired) electrons. The summed E-state index contributed by atoms with van der Waals surface area (Å²) in [5, 5.41) is 8.60. The average molecular weight is 458 g/mol. The molecule has 0 amide bonds. The Morgan fingerprint density at radius 1 is 1.30 bits per heavy atom. The fourth-order valence-corrected chi connectivity index (χ4v) is 4.72. The third-order valence-corrected chi connectivity index (χ3v) is 6.86. The van der Waals surface area contributed by atoms with Crippen molar-refractivity contribution in [2.75, 3.05) is 31.7 Å². The lowest BCUT2D eigenvalue weighted by Gasteiger charge is -2.23. The third-order valence-electron chi connectivity index (χ3n) is 6.86. The van der Waals surface area contributed by atoms with Gasteiger partial charge in [0, 0.05) is 26.7 Å². The predicted molar refractivity (Wildman–Crippen MR) is 123 cm³/mol. The first-order valence-electron chi connectivity index (χ1n) is 12.0. The number of nitrogens with zero attached hydrogens (tertiary/aromatic N) is 5. The molecule has 2 saturated heterocycles. The van der Waals surface area contributed by atoms with E-state index in [4.69, 9.17) is 19.2 Å². The zero-order valence-corrected chi connectivity index (χ0v) is 20.1. The average Bonchev–Trinajstić information content (AvgIpc) is 3.49. The number of carbonyl (C=O) groups excluding carboxylic acids is 1. The van der Waals surface area contributed by atoms with Gasteiger partial charge >= 0.3 is 5.97 Å². The Balaban J connectivity index is 1.50. The lowest BCUT2D eigenvalue weighted by Crippen LogP contribution is -2.27. The van der Waals surface area contributed by atoms with Crippen molar-refractivity contribution in [2.24, 2.45) is 18.9 Å². The van der Waals surface area contributed by atoms with Crippen LogP contribution in [0.3, 0.4) is 0 Å². The van der Waals surface area contributed by atoms with Crippen molar-refractivity contribution in [1.82, 2.24) is 20.0 Å². The van der Waals surface area contributed by atoms with Crippen LogP contribution in [0.2, 0.25) is 0 Å². The second-order valence-corrected chi connectivity index (χ2v) is 8.94. The molecule has 2 aliphatic heterocycles. The van der Waals surface area contributed by atoms with E-state index in [1.54, 1.807) is 4.68 Å². The summed E-state index contributed by atoms with van der Waals surface area (Å²) < 4.78 is 18.4. The van der Waals surface area contributed by atoms with Crippen molar-refractivity contribution in [2.45, 2.75) is 58.8 Å². The van der Waals surface area contributed by atoms with E-state index in [0.717, 1.165) is 80.3 Å². The van der Waals surface area contributed by atoms with Crippen LogP contribution in [0.5, 0.6) is 0 Å². The molecule has 9 nitrogen and oxygen atoms in total. The Morgan fingerprint density at radius 3 is 2.88 bits per heavy atom. The number of esters is 1. The molecule has 4 heterocycles. The fourth-order valence-electron chi connectivity index (χ4n) is 4.72. The number of hydrogen-bond acceptors (Lipinski definition) is 8. The van der Waals surface area contributed by atoms with Gasteiger partial charge in [0.15, 0.2) is 6.29 Å². The molecule has 1 unspecified atom stereocenters. The topological polar surface area (TPSA) is 91.6 Å². The third kappa shape index (κ3) is 5.19. The second-order valence-electron chi connectivity index (χ2n) is 8.94. The molecule has 0 N–H and O–H groups in total. The van der Waals surface area contributed by atoms with Gasteiger partial charge in [0.05, 0.1) is 42.4 Å². The van der Waals surface area contributed by atoms with Gasteiger partial charge in [-0.25, -0.2) is 9.67 Å². The Labute approximate surface area is 195 Å². The molecule has 3 atom stereocenters. The fraction of sp³-hybridized carbons (Fsp3) is 0.667. The number of hydrogen-bond donors (Lipinski definition) is 0. The van der Waals surface area contributed by atoms with E-state index in [1.807, 2.05) is 20.0 Å². The summed E-state index contributed by atoms with van der Waals surface area (Å²) in [6, 6.07) is 4.13. The summed E-state index contributed by atoms with van der Waals surface area (Å²) in [5.74, 6) is 0.0437. The number of carbonyl (C=O) groups is 1. The molecule has 2 aliphatic rings. The lowest BCUT2D eigenvalue weighted by atomic mass is 9.93. The molecule has 33 heavy (non-hydrogen) atoms. The van der Waals surface area contributed by atoms with Crippen LogP contribution in [0.25, 0.3) is 11.4 Å². The van der Waals surface area contributed by atoms with Crippen LogP contribution >= 0.6 is 0 Å². The van der Waals surface area contributed by atoms with E-state index >= 15 is 0 Å². The molecular formula is C24H35N5O4. The Kier molecular flexibility index (Phi) is 7.60. The van der Waals surface area contributed by atoms with Gasteiger partial charge in [-0.15, -0.1) is 5.10 Å². The first-order chi connectivity index (χ1) is 16.0. The number of rotatable bonds is 8. The number of aryl methyl sites for hydroxylation is 2. The zero-order chi connectivity index (χ0) is 23.4. The summed E-state index contributed by atoms with van der Waals surface area (Å²) >= 11 is 0. The van der Waals surface area contributed by atoms with E-state index in [1.165, 1.54) is 7.11 Å². The van der Waals surface area contributed by atoms with Gasteiger partial charge in [-0.05, 0) is 50.2 Å². The summed E-state index contributed by atoms with van der Waals surface area (Å²) in [6.07, 6.45) is 4.74. The molecule has 4 rings (SSSR count). The van der Waals surface area contributed by atoms with Crippen LogP contribution in [0, 0.1) is 11.8 Å². The minimum absolute atomic E-state index is 0.104. The molecule has 180 valence electrons. The summed E-state index contributed by atoms with van der Waals surface area (Å²) in [4.78, 5) is 19.3. The zero-order valence-electron chi connectivity index (χ0n) is 20.1. The summed E-state index contributed by atoms with van der Waals surface area (Å²) in [7, 11) is 3.33. The van der Waals surface area contributed by atoms with Gasteiger partial charge in [0.1, 0.15) is 5.69 Å². The van der Waals surface area contributed by atoms with Gasteiger partial charge in [0.2, 0.25) is 0 Å². The molecule has 0 aliphatic carbocycles. The SMILES string of the molecule is CCc1nc(-c2nnn(C)c2COC2CCCCO2)ccc1N1CC[C@@H]([C@@H](C)C(=O)OC)C1.